The molecule has 0 aliphatic carbocycles. The summed E-state index contributed by atoms with van der Waals surface area (Å²) in [5.41, 5.74) is -2.88. The first kappa shape index (κ1) is 13.6. The van der Waals surface area contributed by atoms with Crippen molar-refractivity contribution in [1.82, 2.24) is 4.90 Å². The van der Waals surface area contributed by atoms with Crippen molar-refractivity contribution in [3.05, 3.63) is 0 Å². The van der Waals surface area contributed by atoms with Crippen LogP contribution in [0, 0.1) is 0 Å². The minimum atomic E-state index is -3.40. The Morgan fingerprint density at radius 1 is 1.44 bits per heavy atom. The number of likely N-dealkylation sites (tertiary alicyclic amines) is 1. The van der Waals surface area contributed by atoms with Gasteiger partial charge in [0, 0.05) is 0 Å². The molecule has 0 saturated carbocycles. The van der Waals surface area contributed by atoms with Crippen molar-refractivity contribution in [3.8, 4) is 0 Å². The average molecular weight is 302 g/mol. The topological polar surface area (TPSA) is 49.8 Å². The van der Waals surface area contributed by atoms with Crippen LogP contribution in [0.2, 0.25) is 0 Å². The molecule has 1 aliphatic heterocycles. The molecular weight excluding hydrogens is 288 g/mol. The number of aliphatic hydroxyl groups is 1. The second kappa shape index (κ2) is 3.80. The van der Waals surface area contributed by atoms with E-state index in [1.807, 2.05) is 0 Å². The molecule has 1 rings (SSSR count). The van der Waals surface area contributed by atoms with Gasteiger partial charge in [0.05, 0.1) is 13.1 Å². The fourth-order valence-electron chi connectivity index (χ4n) is 1.22. The zero-order valence-corrected chi connectivity index (χ0v) is 10.8. The standard InChI is InChI=1S/C9H14BrF2NO3/c1-7(2,3)16-6(14)13-4-8(15,5-13)9(10,11)12/h15H,4-5H2,1-3H3. The lowest BCUT2D eigenvalue weighted by Crippen LogP contribution is -2.70. The minimum Gasteiger partial charge on any atom is -0.444 e. The van der Waals surface area contributed by atoms with E-state index in [1.54, 1.807) is 20.8 Å². The summed E-state index contributed by atoms with van der Waals surface area (Å²) in [5.74, 6) is 0. The van der Waals surface area contributed by atoms with Crippen molar-refractivity contribution in [2.75, 3.05) is 13.1 Å². The summed E-state index contributed by atoms with van der Waals surface area (Å²) in [6, 6.07) is 0. The highest BCUT2D eigenvalue weighted by Crippen LogP contribution is 2.41. The molecule has 1 fully saturated rings. The SMILES string of the molecule is CC(C)(C)OC(=O)N1CC(O)(C(F)(F)Br)C1. The number of β-amino-alcohol motifs (C(OH)–C–C–N with tert-alkyl or cyclic N) is 1. The number of carbonyl (C=O) groups is 1. The third-order valence-corrected chi connectivity index (χ3v) is 2.82. The summed E-state index contributed by atoms with van der Waals surface area (Å²) in [7, 11) is 0. The van der Waals surface area contributed by atoms with Gasteiger partial charge >= 0.3 is 10.9 Å². The maximum absolute atomic E-state index is 12.8. The number of hydrogen-bond acceptors (Lipinski definition) is 3. The predicted octanol–water partition coefficient (Wildman–Crippen LogP) is 1.96. The van der Waals surface area contributed by atoms with Gasteiger partial charge < -0.3 is 14.7 Å². The van der Waals surface area contributed by atoms with Crippen LogP contribution in [-0.2, 0) is 4.74 Å². The monoisotopic (exact) mass is 301 g/mol. The van der Waals surface area contributed by atoms with Gasteiger partial charge in [-0.3, -0.25) is 0 Å². The van der Waals surface area contributed by atoms with Gasteiger partial charge in [-0.05, 0) is 36.7 Å². The van der Waals surface area contributed by atoms with E-state index < -0.39 is 35.2 Å². The van der Waals surface area contributed by atoms with Gasteiger partial charge in [0.1, 0.15) is 5.60 Å². The highest BCUT2D eigenvalue weighted by atomic mass is 79.9. The second-order valence-electron chi connectivity index (χ2n) is 4.87. The molecule has 0 aromatic carbocycles. The third kappa shape index (κ3) is 2.82. The molecule has 1 aliphatic rings. The maximum atomic E-state index is 12.8. The molecule has 0 aromatic rings. The summed E-state index contributed by atoms with van der Waals surface area (Å²) in [6.45, 7) is 4.14. The number of halogens is 3. The molecule has 0 aromatic heterocycles. The fraction of sp³-hybridized carbons (Fsp3) is 0.889. The molecule has 1 amide bonds. The van der Waals surface area contributed by atoms with Crippen LogP contribution in [0.3, 0.4) is 0 Å². The van der Waals surface area contributed by atoms with E-state index >= 15 is 0 Å². The lowest BCUT2D eigenvalue weighted by atomic mass is 9.95. The Bertz CT molecular complexity index is 292. The van der Waals surface area contributed by atoms with Crippen LogP contribution in [0.4, 0.5) is 13.6 Å². The van der Waals surface area contributed by atoms with E-state index in [9.17, 15) is 18.7 Å². The van der Waals surface area contributed by atoms with Gasteiger partial charge in [0.15, 0.2) is 5.60 Å². The van der Waals surface area contributed by atoms with Crippen LogP contribution in [0.1, 0.15) is 20.8 Å². The Labute approximate surface area is 101 Å². The van der Waals surface area contributed by atoms with E-state index in [0.717, 1.165) is 4.90 Å². The molecule has 16 heavy (non-hydrogen) atoms. The number of nitrogens with zero attached hydrogens (tertiary/aromatic N) is 1. The lowest BCUT2D eigenvalue weighted by Gasteiger charge is -2.47. The van der Waals surface area contributed by atoms with Crippen LogP contribution < -0.4 is 0 Å². The number of rotatable bonds is 1. The Morgan fingerprint density at radius 3 is 2.19 bits per heavy atom. The summed E-state index contributed by atoms with van der Waals surface area (Å²) >= 11 is 2.09. The smallest absolute Gasteiger partial charge is 0.410 e. The highest BCUT2D eigenvalue weighted by molar-refractivity contribution is 9.10. The highest BCUT2D eigenvalue weighted by Gasteiger charge is 2.60. The Balaban J connectivity index is 2.51. The summed E-state index contributed by atoms with van der Waals surface area (Å²) < 4.78 is 30.6. The first-order valence-electron chi connectivity index (χ1n) is 4.72. The van der Waals surface area contributed by atoms with Gasteiger partial charge in [-0.1, -0.05) is 0 Å². The van der Waals surface area contributed by atoms with Gasteiger partial charge in [0.25, 0.3) is 0 Å². The van der Waals surface area contributed by atoms with Gasteiger partial charge in [-0.2, -0.15) is 8.78 Å². The molecule has 0 unspecified atom stereocenters. The molecule has 1 heterocycles. The number of alkyl halides is 3. The van der Waals surface area contributed by atoms with Crippen LogP contribution in [0.25, 0.3) is 0 Å². The summed E-state index contributed by atoms with van der Waals surface area (Å²) in [5, 5.41) is 9.42. The Hall–Kier alpha value is -0.430. The van der Waals surface area contributed by atoms with Crippen LogP contribution in [0.5, 0.6) is 0 Å². The van der Waals surface area contributed by atoms with E-state index in [-0.39, 0.29) is 0 Å². The zero-order chi connectivity index (χ0) is 12.8. The van der Waals surface area contributed by atoms with Crippen molar-refractivity contribution in [2.45, 2.75) is 36.8 Å². The molecule has 94 valence electrons. The Kier molecular flexibility index (Phi) is 3.24. The third-order valence-electron chi connectivity index (χ3n) is 2.08. The van der Waals surface area contributed by atoms with Crippen molar-refractivity contribution in [2.24, 2.45) is 0 Å². The maximum Gasteiger partial charge on any atom is 0.410 e. The number of carbonyl (C=O) groups excluding carboxylic acids is 1. The molecular formula is C9H14BrF2NO3. The van der Waals surface area contributed by atoms with Crippen LogP contribution in [0.15, 0.2) is 0 Å². The number of ether oxygens (including phenoxy) is 1. The minimum absolute atomic E-state index is 0.444. The Morgan fingerprint density at radius 2 is 1.88 bits per heavy atom. The molecule has 7 heteroatoms. The quantitative estimate of drug-likeness (QED) is 0.753. The summed E-state index contributed by atoms with van der Waals surface area (Å²) in [6.07, 6.45) is -0.700. The molecule has 1 saturated heterocycles. The van der Waals surface area contributed by atoms with Gasteiger partial charge in [0.2, 0.25) is 0 Å². The van der Waals surface area contributed by atoms with E-state index in [4.69, 9.17) is 4.74 Å². The molecule has 0 bridgehead atoms. The molecule has 1 N–H and O–H groups in total. The molecule has 0 spiro atoms. The second-order valence-corrected chi connectivity index (χ2v) is 5.86. The van der Waals surface area contributed by atoms with Crippen molar-refractivity contribution < 1.29 is 23.4 Å². The van der Waals surface area contributed by atoms with E-state index in [1.165, 1.54) is 0 Å². The normalized spacial score (nSPS) is 20.3. The van der Waals surface area contributed by atoms with E-state index in [0.29, 0.717) is 0 Å². The first-order valence-corrected chi connectivity index (χ1v) is 5.51. The summed E-state index contributed by atoms with van der Waals surface area (Å²) in [4.78, 5) is 9.01. The zero-order valence-electron chi connectivity index (χ0n) is 9.26. The number of amides is 1. The lowest BCUT2D eigenvalue weighted by molar-refractivity contribution is -0.187. The van der Waals surface area contributed by atoms with Crippen molar-refractivity contribution >= 4 is 22.0 Å². The first-order chi connectivity index (χ1) is 6.95. The van der Waals surface area contributed by atoms with Crippen LogP contribution in [-0.4, -0.2) is 45.2 Å². The van der Waals surface area contributed by atoms with Crippen molar-refractivity contribution in [1.29, 1.82) is 0 Å². The molecule has 4 nitrogen and oxygen atoms in total. The average Bonchev–Trinajstić information content (AvgIpc) is 1.92. The van der Waals surface area contributed by atoms with Gasteiger partial charge in [-0.15, -0.1) is 0 Å². The van der Waals surface area contributed by atoms with Crippen LogP contribution >= 0.6 is 15.9 Å². The molecule has 0 radical (unpaired) electrons. The predicted molar refractivity (Wildman–Crippen MR) is 56.6 cm³/mol. The molecule has 0 atom stereocenters. The number of hydrogen-bond donors (Lipinski definition) is 1. The fourth-order valence-corrected chi connectivity index (χ4v) is 1.47. The largest absolute Gasteiger partial charge is 0.444 e. The van der Waals surface area contributed by atoms with E-state index in [2.05, 4.69) is 15.9 Å². The van der Waals surface area contributed by atoms with Crippen molar-refractivity contribution in [3.63, 3.8) is 0 Å². The van der Waals surface area contributed by atoms with Gasteiger partial charge in [-0.25, -0.2) is 4.79 Å².